The van der Waals surface area contributed by atoms with Gasteiger partial charge in [0.1, 0.15) is 0 Å². The highest BCUT2D eigenvalue weighted by atomic mass is 16.5. The Morgan fingerprint density at radius 3 is 2.82 bits per heavy atom. The first-order valence-electron chi connectivity index (χ1n) is 5.31. The van der Waals surface area contributed by atoms with Gasteiger partial charge in [0, 0.05) is 12.6 Å². The van der Waals surface area contributed by atoms with E-state index in [1.165, 1.54) is 24.3 Å². The van der Waals surface area contributed by atoms with Crippen molar-refractivity contribution in [3.8, 4) is 0 Å². The molecule has 0 spiro atoms. The highest BCUT2D eigenvalue weighted by Gasteiger charge is 2.30. The number of carbonyl (C=O) groups excluding carboxylic acids is 3. The monoisotopic (exact) mass is 241 g/mol. The van der Waals surface area contributed by atoms with Crippen molar-refractivity contribution in [3.63, 3.8) is 0 Å². The van der Waals surface area contributed by atoms with Crippen molar-refractivity contribution in [1.82, 2.24) is 4.90 Å². The van der Waals surface area contributed by atoms with Crippen molar-refractivity contribution < 1.29 is 23.9 Å². The molecule has 0 bridgehead atoms. The summed E-state index contributed by atoms with van der Waals surface area (Å²) in [6.07, 6.45) is 2.12. The molecule has 0 radical (unpaired) electrons. The van der Waals surface area contributed by atoms with E-state index in [-0.39, 0.29) is 25.2 Å². The molecule has 1 aliphatic rings. The van der Waals surface area contributed by atoms with Crippen LogP contribution < -0.4 is 0 Å². The number of ketones is 1. The lowest BCUT2D eigenvalue weighted by atomic mass is 10.0. The number of allylic oxidation sites excluding steroid dienone is 1. The first kappa shape index (κ1) is 13.2. The Morgan fingerprint density at radius 1 is 1.53 bits per heavy atom. The molecule has 0 saturated heterocycles. The number of methoxy groups -OCH3 is 1. The average molecular weight is 241 g/mol. The van der Waals surface area contributed by atoms with Gasteiger partial charge in [-0.15, -0.1) is 0 Å². The molecule has 1 amide bonds. The van der Waals surface area contributed by atoms with Gasteiger partial charge in [0.25, 0.3) is 0 Å². The van der Waals surface area contributed by atoms with Crippen LogP contribution in [0.15, 0.2) is 12.3 Å². The fourth-order valence-corrected chi connectivity index (χ4v) is 1.58. The van der Waals surface area contributed by atoms with Crippen LogP contribution in [0.2, 0.25) is 0 Å². The van der Waals surface area contributed by atoms with E-state index in [0.717, 1.165) is 0 Å². The molecule has 0 aliphatic carbocycles. The minimum absolute atomic E-state index is 0.0149. The van der Waals surface area contributed by atoms with E-state index < -0.39 is 18.1 Å². The Kier molecular flexibility index (Phi) is 4.68. The first-order chi connectivity index (χ1) is 8.08. The average Bonchev–Trinajstić information content (AvgIpc) is 2.28. The molecular weight excluding hydrogens is 226 g/mol. The van der Waals surface area contributed by atoms with Gasteiger partial charge in [-0.1, -0.05) is 0 Å². The number of amides is 1. The molecule has 1 unspecified atom stereocenters. The van der Waals surface area contributed by atoms with Gasteiger partial charge in [-0.3, -0.25) is 14.5 Å². The van der Waals surface area contributed by atoms with E-state index in [9.17, 15) is 14.4 Å². The van der Waals surface area contributed by atoms with Crippen molar-refractivity contribution in [2.24, 2.45) is 0 Å². The number of rotatable bonds is 3. The van der Waals surface area contributed by atoms with Crippen molar-refractivity contribution in [2.45, 2.75) is 25.8 Å². The highest BCUT2D eigenvalue weighted by Crippen LogP contribution is 2.17. The Balaban J connectivity index is 2.72. The molecule has 0 fully saturated rings. The normalized spacial score (nSPS) is 19.1. The van der Waals surface area contributed by atoms with Crippen LogP contribution in [0.3, 0.4) is 0 Å². The van der Waals surface area contributed by atoms with E-state index >= 15 is 0 Å². The summed E-state index contributed by atoms with van der Waals surface area (Å²) in [6, 6.07) is -0.529. The molecule has 0 aromatic rings. The lowest BCUT2D eigenvalue weighted by Gasteiger charge is -2.28. The van der Waals surface area contributed by atoms with Crippen LogP contribution in [0, 0.1) is 0 Å². The van der Waals surface area contributed by atoms with Crippen molar-refractivity contribution in [1.29, 1.82) is 0 Å². The third-order valence-corrected chi connectivity index (χ3v) is 2.34. The van der Waals surface area contributed by atoms with Crippen LogP contribution >= 0.6 is 0 Å². The molecule has 1 heterocycles. The lowest BCUT2D eigenvalue weighted by molar-refractivity contribution is -0.144. The van der Waals surface area contributed by atoms with Gasteiger partial charge >= 0.3 is 12.1 Å². The molecular formula is C11H15NO5. The summed E-state index contributed by atoms with van der Waals surface area (Å²) in [5.74, 6) is -0.561. The molecule has 0 aromatic carbocycles. The van der Waals surface area contributed by atoms with Gasteiger partial charge in [-0.2, -0.15) is 0 Å². The molecule has 1 aliphatic heterocycles. The zero-order valence-corrected chi connectivity index (χ0v) is 9.84. The summed E-state index contributed by atoms with van der Waals surface area (Å²) in [5, 5.41) is 0. The molecule has 1 rings (SSSR count). The Labute approximate surface area is 99.2 Å². The smallest absolute Gasteiger partial charge is 0.413 e. The summed E-state index contributed by atoms with van der Waals surface area (Å²) in [4.78, 5) is 35.2. The summed E-state index contributed by atoms with van der Waals surface area (Å²) in [5.41, 5.74) is 0. The minimum Gasteiger partial charge on any atom is -0.466 e. The van der Waals surface area contributed by atoms with Gasteiger partial charge in [0.15, 0.2) is 5.78 Å². The van der Waals surface area contributed by atoms with Crippen molar-refractivity contribution >= 4 is 17.8 Å². The van der Waals surface area contributed by atoms with Crippen LogP contribution in [0.4, 0.5) is 4.79 Å². The molecule has 0 aromatic heterocycles. The van der Waals surface area contributed by atoms with Crippen LogP contribution in [0.5, 0.6) is 0 Å². The Hall–Kier alpha value is -1.85. The van der Waals surface area contributed by atoms with Crippen LogP contribution in [0.25, 0.3) is 0 Å². The molecule has 17 heavy (non-hydrogen) atoms. The summed E-state index contributed by atoms with van der Waals surface area (Å²) in [6.45, 7) is 1.97. The number of esters is 1. The van der Waals surface area contributed by atoms with E-state index in [1.807, 2.05) is 0 Å². The van der Waals surface area contributed by atoms with Gasteiger partial charge in [0.2, 0.25) is 0 Å². The van der Waals surface area contributed by atoms with Gasteiger partial charge in [-0.05, 0) is 13.0 Å². The van der Waals surface area contributed by atoms with Gasteiger partial charge in [-0.25, -0.2) is 4.79 Å². The van der Waals surface area contributed by atoms with Crippen molar-refractivity contribution in [3.05, 3.63) is 12.3 Å². The highest BCUT2D eigenvalue weighted by molar-refractivity contribution is 5.92. The summed E-state index contributed by atoms with van der Waals surface area (Å²) >= 11 is 0. The fraction of sp³-hybridized carbons (Fsp3) is 0.545. The van der Waals surface area contributed by atoms with Crippen LogP contribution in [-0.2, 0) is 19.1 Å². The number of nitrogens with zero attached hydrogens (tertiary/aromatic N) is 1. The van der Waals surface area contributed by atoms with Crippen molar-refractivity contribution in [2.75, 3.05) is 13.7 Å². The molecule has 6 heteroatoms. The topological polar surface area (TPSA) is 72.9 Å². The maximum Gasteiger partial charge on any atom is 0.413 e. The molecule has 0 saturated carbocycles. The predicted molar refractivity (Wildman–Crippen MR) is 58.0 cm³/mol. The molecule has 6 nitrogen and oxygen atoms in total. The second kappa shape index (κ2) is 6.03. The zero-order valence-electron chi connectivity index (χ0n) is 9.84. The third-order valence-electron chi connectivity index (χ3n) is 2.34. The number of hydrogen-bond acceptors (Lipinski definition) is 5. The van der Waals surface area contributed by atoms with E-state index in [2.05, 4.69) is 4.74 Å². The Bertz CT molecular complexity index is 350. The molecule has 94 valence electrons. The Morgan fingerprint density at radius 2 is 2.24 bits per heavy atom. The maximum absolute atomic E-state index is 11.4. The first-order valence-corrected chi connectivity index (χ1v) is 5.31. The predicted octanol–water partition coefficient (Wildman–Crippen LogP) is 0.863. The molecule has 0 N–H and O–H groups in total. The quantitative estimate of drug-likeness (QED) is 0.685. The van der Waals surface area contributed by atoms with Crippen LogP contribution in [0.1, 0.15) is 19.8 Å². The van der Waals surface area contributed by atoms with E-state index in [0.29, 0.717) is 0 Å². The third kappa shape index (κ3) is 3.58. The number of ether oxygens (including phenoxy) is 2. The summed E-state index contributed by atoms with van der Waals surface area (Å²) < 4.78 is 9.36. The second-order valence-corrected chi connectivity index (χ2v) is 3.53. The summed E-state index contributed by atoms with van der Waals surface area (Å²) in [7, 11) is 1.24. The van der Waals surface area contributed by atoms with Gasteiger partial charge in [0.05, 0.1) is 26.2 Å². The minimum atomic E-state index is -0.594. The number of hydrogen-bond donors (Lipinski definition) is 0. The van der Waals surface area contributed by atoms with Crippen LogP contribution in [-0.4, -0.2) is 42.5 Å². The van der Waals surface area contributed by atoms with E-state index in [4.69, 9.17) is 4.74 Å². The lowest BCUT2D eigenvalue weighted by Crippen LogP contribution is -2.41. The zero-order chi connectivity index (χ0) is 12.8. The second-order valence-electron chi connectivity index (χ2n) is 3.53. The fourth-order valence-electron chi connectivity index (χ4n) is 1.58. The van der Waals surface area contributed by atoms with Gasteiger partial charge < -0.3 is 9.47 Å². The SMILES string of the molecule is CCOC(=O)CC1CC(=O)C=CN1C(=O)OC. The maximum atomic E-state index is 11.4. The largest absolute Gasteiger partial charge is 0.466 e. The van der Waals surface area contributed by atoms with E-state index in [1.54, 1.807) is 6.92 Å². The number of carbonyl (C=O) groups is 3. The molecule has 1 atom stereocenters. The standard InChI is InChI=1S/C11H15NO5/c1-3-17-10(14)7-8-6-9(13)4-5-12(8)11(15)16-2/h4-5,8H,3,6-7H2,1-2H3.